The molecule has 3 heteroatoms. The molecule has 0 radical (unpaired) electrons. The Morgan fingerprint density at radius 2 is 1.39 bits per heavy atom. The van der Waals surface area contributed by atoms with Gasteiger partial charge in [0, 0.05) is 12.6 Å². The molecule has 0 aliphatic heterocycles. The van der Waals surface area contributed by atoms with Crippen molar-refractivity contribution >= 4 is 6.09 Å². The fourth-order valence-electron chi connectivity index (χ4n) is 4.03. The largest absolute Gasteiger partial charge is 0.449 e. The van der Waals surface area contributed by atoms with E-state index in [9.17, 15) is 4.79 Å². The third kappa shape index (κ3) is 6.70. The molecule has 3 rings (SSSR count). The van der Waals surface area contributed by atoms with E-state index in [1.54, 1.807) is 0 Å². The summed E-state index contributed by atoms with van der Waals surface area (Å²) in [4.78, 5) is 14.9. The van der Waals surface area contributed by atoms with E-state index in [0.29, 0.717) is 19.2 Å². The Morgan fingerprint density at radius 1 is 0.821 bits per heavy atom. The van der Waals surface area contributed by atoms with Gasteiger partial charge in [0.1, 0.15) is 0 Å². The van der Waals surface area contributed by atoms with E-state index in [1.165, 1.54) is 43.2 Å². The predicted octanol–water partition coefficient (Wildman–Crippen LogP) is 6.37. The third-order valence-corrected chi connectivity index (χ3v) is 5.62. The van der Waals surface area contributed by atoms with Gasteiger partial charge in [-0.2, -0.15) is 0 Å². The van der Waals surface area contributed by atoms with Crippen molar-refractivity contribution in [1.29, 1.82) is 0 Å². The molecular formula is C25H33NO2. The van der Waals surface area contributed by atoms with Crippen LogP contribution in [0.2, 0.25) is 0 Å². The van der Waals surface area contributed by atoms with Crippen molar-refractivity contribution in [3.8, 4) is 0 Å². The Bertz CT molecular complexity index is 678. The molecule has 0 bridgehead atoms. The van der Waals surface area contributed by atoms with Gasteiger partial charge in [-0.3, -0.25) is 0 Å². The highest BCUT2D eigenvalue weighted by Crippen LogP contribution is 2.24. The molecule has 0 heterocycles. The van der Waals surface area contributed by atoms with Crippen LogP contribution in [-0.4, -0.2) is 23.6 Å². The molecule has 0 N–H and O–H groups in total. The van der Waals surface area contributed by atoms with Crippen LogP contribution >= 0.6 is 0 Å². The molecule has 0 atom stereocenters. The lowest BCUT2D eigenvalue weighted by Crippen LogP contribution is -2.40. The number of rotatable bonds is 7. The molecular weight excluding hydrogens is 346 g/mol. The minimum Gasteiger partial charge on any atom is -0.449 e. The first-order valence-corrected chi connectivity index (χ1v) is 10.8. The van der Waals surface area contributed by atoms with Crippen LogP contribution in [0.15, 0.2) is 60.7 Å². The van der Waals surface area contributed by atoms with E-state index in [1.807, 2.05) is 29.2 Å². The first kappa shape index (κ1) is 20.4. The van der Waals surface area contributed by atoms with Crippen LogP contribution in [0.3, 0.4) is 0 Å². The standard InChI is InChI=1S/C25H33NO2/c27-25(28-20-12-17-22-13-6-4-7-14-22)26(21-23-15-8-5-9-16-23)24-18-10-2-1-3-11-19-24/h4-9,13-16,24H,1-3,10-12,17-21H2. The van der Waals surface area contributed by atoms with E-state index in [4.69, 9.17) is 4.74 Å². The van der Waals surface area contributed by atoms with Crippen LogP contribution in [0, 0.1) is 0 Å². The zero-order valence-corrected chi connectivity index (χ0v) is 16.9. The second-order valence-corrected chi connectivity index (χ2v) is 7.82. The quantitative estimate of drug-likeness (QED) is 0.523. The van der Waals surface area contributed by atoms with Crippen LogP contribution in [-0.2, 0) is 17.7 Å². The summed E-state index contributed by atoms with van der Waals surface area (Å²) >= 11 is 0. The molecule has 2 aromatic carbocycles. The fourth-order valence-corrected chi connectivity index (χ4v) is 4.03. The van der Waals surface area contributed by atoms with Gasteiger partial charge in [0.25, 0.3) is 0 Å². The number of carbonyl (C=O) groups is 1. The minimum absolute atomic E-state index is 0.150. The molecule has 28 heavy (non-hydrogen) atoms. The van der Waals surface area contributed by atoms with Gasteiger partial charge < -0.3 is 9.64 Å². The van der Waals surface area contributed by atoms with Crippen molar-refractivity contribution in [2.75, 3.05) is 6.61 Å². The predicted molar refractivity (Wildman–Crippen MR) is 114 cm³/mol. The lowest BCUT2D eigenvalue weighted by molar-refractivity contribution is 0.0752. The molecule has 0 saturated heterocycles. The molecule has 1 aliphatic carbocycles. The second kappa shape index (κ2) is 11.5. The lowest BCUT2D eigenvalue weighted by atomic mass is 9.95. The highest BCUT2D eigenvalue weighted by molar-refractivity contribution is 5.68. The Hall–Kier alpha value is -2.29. The summed E-state index contributed by atoms with van der Waals surface area (Å²) in [6.07, 6.45) is 10.1. The topological polar surface area (TPSA) is 29.5 Å². The summed E-state index contributed by atoms with van der Waals surface area (Å²) in [5, 5.41) is 0. The van der Waals surface area contributed by atoms with Crippen LogP contribution in [0.5, 0.6) is 0 Å². The van der Waals surface area contributed by atoms with Crippen LogP contribution < -0.4 is 0 Å². The molecule has 1 aliphatic rings. The Morgan fingerprint density at radius 3 is 2.04 bits per heavy atom. The van der Waals surface area contributed by atoms with Crippen molar-refractivity contribution in [3.05, 3.63) is 71.8 Å². The molecule has 0 unspecified atom stereocenters. The smallest absolute Gasteiger partial charge is 0.410 e. The van der Waals surface area contributed by atoms with Crippen molar-refractivity contribution in [3.63, 3.8) is 0 Å². The number of benzene rings is 2. The van der Waals surface area contributed by atoms with Gasteiger partial charge in [-0.15, -0.1) is 0 Å². The van der Waals surface area contributed by atoms with Crippen LogP contribution in [0.1, 0.15) is 62.5 Å². The van der Waals surface area contributed by atoms with E-state index in [-0.39, 0.29) is 6.09 Å². The zero-order valence-electron chi connectivity index (χ0n) is 16.9. The Kier molecular flexibility index (Phi) is 8.42. The summed E-state index contributed by atoms with van der Waals surface area (Å²) in [7, 11) is 0. The summed E-state index contributed by atoms with van der Waals surface area (Å²) < 4.78 is 5.71. The Balaban J connectivity index is 1.57. The highest BCUT2D eigenvalue weighted by atomic mass is 16.6. The maximum Gasteiger partial charge on any atom is 0.410 e. The van der Waals surface area contributed by atoms with Crippen LogP contribution in [0.4, 0.5) is 4.79 Å². The van der Waals surface area contributed by atoms with Crippen molar-refractivity contribution in [2.45, 2.75) is 70.4 Å². The van der Waals surface area contributed by atoms with Gasteiger partial charge >= 0.3 is 6.09 Å². The summed E-state index contributed by atoms with van der Waals surface area (Å²) in [6.45, 7) is 1.12. The maximum atomic E-state index is 13.0. The number of carbonyl (C=O) groups excluding carboxylic acids is 1. The van der Waals surface area contributed by atoms with Gasteiger partial charge in [0.05, 0.1) is 6.61 Å². The third-order valence-electron chi connectivity index (χ3n) is 5.62. The Labute approximate surface area is 169 Å². The van der Waals surface area contributed by atoms with E-state index < -0.39 is 0 Å². The second-order valence-electron chi connectivity index (χ2n) is 7.82. The summed E-state index contributed by atoms with van der Waals surface area (Å²) in [5.41, 5.74) is 2.46. The number of hydrogen-bond acceptors (Lipinski definition) is 2. The number of hydrogen-bond donors (Lipinski definition) is 0. The summed E-state index contributed by atoms with van der Waals surface area (Å²) in [5.74, 6) is 0. The monoisotopic (exact) mass is 379 g/mol. The van der Waals surface area contributed by atoms with Crippen molar-refractivity contribution < 1.29 is 9.53 Å². The normalized spacial score (nSPS) is 15.4. The maximum absolute atomic E-state index is 13.0. The summed E-state index contributed by atoms with van der Waals surface area (Å²) in [6, 6.07) is 21.0. The number of aryl methyl sites for hydroxylation is 1. The molecule has 1 fully saturated rings. The number of nitrogens with zero attached hydrogens (tertiary/aromatic N) is 1. The van der Waals surface area contributed by atoms with E-state index >= 15 is 0 Å². The molecule has 1 saturated carbocycles. The van der Waals surface area contributed by atoms with Crippen LogP contribution in [0.25, 0.3) is 0 Å². The SMILES string of the molecule is O=C(OCCCc1ccccc1)N(Cc1ccccc1)C1CCCCCCC1. The molecule has 1 amide bonds. The molecule has 0 spiro atoms. The highest BCUT2D eigenvalue weighted by Gasteiger charge is 2.25. The molecule has 3 nitrogen and oxygen atoms in total. The van der Waals surface area contributed by atoms with E-state index in [0.717, 1.165) is 25.7 Å². The van der Waals surface area contributed by atoms with E-state index in [2.05, 4.69) is 36.4 Å². The lowest BCUT2D eigenvalue weighted by Gasteiger charge is -2.32. The van der Waals surface area contributed by atoms with Gasteiger partial charge in [-0.05, 0) is 36.8 Å². The van der Waals surface area contributed by atoms with Gasteiger partial charge in [0.15, 0.2) is 0 Å². The van der Waals surface area contributed by atoms with Gasteiger partial charge in [-0.1, -0.05) is 92.8 Å². The minimum atomic E-state index is -0.150. The zero-order chi connectivity index (χ0) is 19.4. The number of ether oxygens (including phenoxy) is 1. The number of amides is 1. The van der Waals surface area contributed by atoms with Crippen molar-refractivity contribution in [2.24, 2.45) is 0 Å². The fraction of sp³-hybridized carbons (Fsp3) is 0.480. The van der Waals surface area contributed by atoms with Crippen molar-refractivity contribution in [1.82, 2.24) is 4.90 Å². The molecule has 0 aromatic heterocycles. The average molecular weight is 380 g/mol. The molecule has 2 aromatic rings. The first-order chi connectivity index (χ1) is 13.8. The van der Waals surface area contributed by atoms with Gasteiger partial charge in [-0.25, -0.2) is 4.79 Å². The first-order valence-electron chi connectivity index (χ1n) is 10.8. The van der Waals surface area contributed by atoms with Gasteiger partial charge in [0.2, 0.25) is 0 Å². The average Bonchev–Trinajstić information content (AvgIpc) is 2.71. The molecule has 150 valence electrons.